The number of piperidine rings is 1. The number of hydrogen-bond donors (Lipinski definition) is 1. The van der Waals surface area contributed by atoms with E-state index < -0.39 is 0 Å². The molecule has 0 aromatic heterocycles. The number of ether oxygens (including phenoxy) is 1. The van der Waals surface area contributed by atoms with Crippen LogP contribution in [0.1, 0.15) is 26.2 Å². The summed E-state index contributed by atoms with van der Waals surface area (Å²) in [5, 5.41) is 0.675. The normalized spacial score (nSPS) is 19.2. The molecule has 1 saturated heterocycles. The molecular weight excluding hydrogens is 323 g/mol. The lowest BCUT2D eigenvalue weighted by atomic mass is 9.92. The number of nitrogens with zero attached hydrogens (tertiary/aromatic N) is 1. The average molecular weight is 347 g/mol. The predicted octanol–water partition coefficient (Wildman–Crippen LogP) is 3.12. The number of amides is 1. The molecule has 22 heavy (non-hydrogen) atoms. The SMILES string of the molecule is CC(N)C1CCCN(C(=O)CCOc2ccc(Cl)cc2)C1.Cl. The van der Waals surface area contributed by atoms with Crippen LogP contribution < -0.4 is 10.5 Å². The Hall–Kier alpha value is -0.970. The van der Waals surface area contributed by atoms with Gasteiger partial charge in [0.25, 0.3) is 0 Å². The summed E-state index contributed by atoms with van der Waals surface area (Å²) in [6.07, 6.45) is 2.55. The van der Waals surface area contributed by atoms with Crippen LogP contribution in [0.5, 0.6) is 5.75 Å². The van der Waals surface area contributed by atoms with Crippen LogP contribution in [0.25, 0.3) is 0 Å². The highest BCUT2D eigenvalue weighted by Gasteiger charge is 2.25. The van der Waals surface area contributed by atoms with Crippen molar-refractivity contribution in [3.8, 4) is 5.75 Å². The van der Waals surface area contributed by atoms with Gasteiger partial charge >= 0.3 is 0 Å². The van der Waals surface area contributed by atoms with Gasteiger partial charge in [0.2, 0.25) is 5.91 Å². The van der Waals surface area contributed by atoms with Crippen LogP contribution in [-0.2, 0) is 4.79 Å². The van der Waals surface area contributed by atoms with Crippen molar-refractivity contribution in [1.82, 2.24) is 4.90 Å². The molecule has 1 aromatic carbocycles. The standard InChI is InChI=1S/C16H23ClN2O2.ClH/c1-12(18)13-3-2-9-19(11-13)16(20)8-10-21-15-6-4-14(17)5-7-15;/h4-7,12-13H,2-3,8-11,18H2,1H3;1H. The molecule has 4 nitrogen and oxygen atoms in total. The minimum absolute atomic E-state index is 0. The zero-order valence-corrected chi connectivity index (χ0v) is 14.4. The third kappa shape index (κ3) is 5.67. The second-order valence-corrected chi connectivity index (χ2v) is 6.09. The van der Waals surface area contributed by atoms with E-state index in [4.69, 9.17) is 22.1 Å². The van der Waals surface area contributed by atoms with Crippen molar-refractivity contribution in [2.75, 3.05) is 19.7 Å². The molecule has 0 bridgehead atoms. The Morgan fingerprint density at radius 3 is 2.77 bits per heavy atom. The molecule has 0 radical (unpaired) electrons. The van der Waals surface area contributed by atoms with Crippen LogP contribution in [0.2, 0.25) is 5.02 Å². The molecule has 1 heterocycles. The van der Waals surface area contributed by atoms with Crippen molar-refractivity contribution in [1.29, 1.82) is 0 Å². The second-order valence-electron chi connectivity index (χ2n) is 5.65. The topological polar surface area (TPSA) is 55.6 Å². The van der Waals surface area contributed by atoms with Gasteiger partial charge in [-0.25, -0.2) is 0 Å². The maximum Gasteiger partial charge on any atom is 0.226 e. The Morgan fingerprint density at radius 1 is 1.45 bits per heavy atom. The number of likely N-dealkylation sites (tertiary alicyclic amines) is 1. The number of carbonyl (C=O) groups is 1. The average Bonchev–Trinajstić information content (AvgIpc) is 2.49. The summed E-state index contributed by atoms with van der Waals surface area (Å²) < 4.78 is 5.57. The maximum atomic E-state index is 12.2. The van der Waals surface area contributed by atoms with Crippen molar-refractivity contribution in [2.45, 2.75) is 32.2 Å². The number of nitrogens with two attached hydrogens (primary N) is 1. The fraction of sp³-hybridized carbons (Fsp3) is 0.562. The fourth-order valence-electron chi connectivity index (χ4n) is 2.61. The number of rotatable bonds is 5. The fourth-order valence-corrected chi connectivity index (χ4v) is 2.74. The quantitative estimate of drug-likeness (QED) is 0.890. The van der Waals surface area contributed by atoms with E-state index in [1.165, 1.54) is 0 Å². The zero-order chi connectivity index (χ0) is 15.2. The third-order valence-electron chi connectivity index (χ3n) is 3.95. The van der Waals surface area contributed by atoms with E-state index in [2.05, 4.69) is 0 Å². The van der Waals surface area contributed by atoms with E-state index in [1.54, 1.807) is 24.3 Å². The van der Waals surface area contributed by atoms with E-state index in [1.807, 2.05) is 11.8 Å². The third-order valence-corrected chi connectivity index (χ3v) is 4.20. The van der Waals surface area contributed by atoms with Gasteiger partial charge in [-0.1, -0.05) is 11.6 Å². The first-order chi connectivity index (χ1) is 10.1. The van der Waals surface area contributed by atoms with Crippen LogP contribution in [-0.4, -0.2) is 36.5 Å². The summed E-state index contributed by atoms with van der Waals surface area (Å²) in [6, 6.07) is 7.30. The van der Waals surface area contributed by atoms with Crippen molar-refractivity contribution < 1.29 is 9.53 Å². The van der Waals surface area contributed by atoms with Gasteiger partial charge in [-0.05, 0) is 49.9 Å². The highest BCUT2D eigenvalue weighted by Crippen LogP contribution is 2.20. The van der Waals surface area contributed by atoms with Gasteiger partial charge in [0.15, 0.2) is 0 Å². The van der Waals surface area contributed by atoms with Crippen LogP contribution in [0, 0.1) is 5.92 Å². The molecule has 2 rings (SSSR count). The summed E-state index contributed by atoms with van der Waals surface area (Å²) >= 11 is 5.81. The second kappa shape index (κ2) is 9.23. The number of carbonyl (C=O) groups excluding carboxylic acids is 1. The van der Waals surface area contributed by atoms with Crippen LogP contribution in [0.4, 0.5) is 0 Å². The Balaban J connectivity index is 0.00000242. The van der Waals surface area contributed by atoms with Gasteiger partial charge in [-0.2, -0.15) is 0 Å². The van der Waals surface area contributed by atoms with Gasteiger partial charge in [-0.3, -0.25) is 4.79 Å². The highest BCUT2D eigenvalue weighted by atomic mass is 35.5. The molecule has 1 aliphatic rings. The minimum atomic E-state index is 0. The van der Waals surface area contributed by atoms with Gasteiger partial charge in [-0.15, -0.1) is 12.4 Å². The lowest BCUT2D eigenvalue weighted by molar-refractivity contribution is -0.133. The Bertz CT molecular complexity index is 466. The zero-order valence-electron chi connectivity index (χ0n) is 12.8. The van der Waals surface area contributed by atoms with Crippen molar-refractivity contribution in [3.63, 3.8) is 0 Å². The number of benzene rings is 1. The molecule has 1 aliphatic heterocycles. The predicted molar refractivity (Wildman–Crippen MR) is 91.8 cm³/mol. The molecule has 2 atom stereocenters. The van der Waals surface area contributed by atoms with Crippen molar-refractivity contribution >= 4 is 29.9 Å². The number of hydrogen-bond acceptors (Lipinski definition) is 3. The molecular formula is C16H24Cl2N2O2. The van der Waals surface area contributed by atoms with Crippen molar-refractivity contribution in [2.24, 2.45) is 11.7 Å². The van der Waals surface area contributed by atoms with Gasteiger partial charge in [0.05, 0.1) is 13.0 Å². The summed E-state index contributed by atoms with van der Waals surface area (Å²) in [7, 11) is 0. The monoisotopic (exact) mass is 346 g/mol. The van der Waals surface area contributed by atoms with E-state index in [9.17, 15) is 4.79 Å². The summed E-state index contributed by atoms with van der Waals surface area (Å²) in [5.41, 5.74) is 5.94. The lowest BCUT2D eigenvalue weighted by Crippen LogP contribution is -2.45. The lowest BCUT2D eigenvalue weighted by Gasteiger charge is -2.34. The van der Waals surface area contributed by atoms with E-state index in [0.717, 1.165) is 31.7 Å². The molecule has 2 unspecified atom stereocenters. The molecule has 6 heteroatoms. The van der Waals surface area contributed by atoms with E-state index in [0.29, 0.717) is 24.0 Å². The Morgan fingerprint density at radius 2 is 2.14 bits per heavy atom. The molecule has 2 N–H and O–H groups in total. The first-order valence-corrected chi connectivity index (χ1v) is 7.86. The summed E-state index contributed by atoms with van der Waals surface area (Å²) in [4.78, 5) is 14.1. The smallest absolute Gasteiger partial charge is 0.226 e. The minimum Gasteiger partial charge on any atom is -0.493 e. The van der Waals surface area contributed by atoms with Crippen LogP contribution in [0.15, 0.2) is 24.3 Å². The summed E-state index contributed by atoms with van der Waals surface area (Å²) in [5.74, 6) is 1.30. The summed E-state index contributed by atoms with van der Waals surface area (Å²) in [6.45, 7) is 4.02. The van der Waals surface area contributed by atoms with Crippen LogP contribution >= 0.6 is 24.0 Å². The highest BCUT2D eigenvalue weighted by molar-refractivity contribution is 6.30. The van der Waals surface area contributed by atoms with Gasteiger partial charge < -0.3 is 15.4 Å². The molecule has 1 amide bonds. The van der Waals surface area contributed by atoms with Gasteiger partial charge in [0.1, 0.15) is 5.75 Å². The van der Waals surface area contributed by atoms with Crippen molar-refractivity contribution in [3.05, 3.63) is 29.3 Å². The van der Waals surface area contributed by atoms with Gasteiger partial charge in [0, 0.05) is 24.2 Å². The molecule has 0 saturated carbocycles. The maximum absolute atomic E-state index is 12.2. The molecule has 1 fully saturated rings. The molecule has 124 valence electrons. The Labute approximate surface area is 143 Å². The van der Waals surface area contributed by atoms with E-state index >= 15 is 0 Å². The first-order valence-electron chi connectivity index (χ1n) is 7.48. The first kappa shape index (κ1) is 19.1. The van der Waals surface area contributed by atoms with E-state index in [-0.39, 0.29) is 24.4 Å². The molecule has 0 spiro atoms. The molecule has 0 aliphatic carbocycles. The van der Waals surface area contributed by atoms with Crippen LogP contribution in [0.3, 0.4) is 0 Å². The largest absolute Gasteiger partial charge is 0.493 e. The number of halogens is 2. The molecule has 1 aromatic rings. The Kier molecular flexibility index (Phi) is 8.01.